The van der Waals surface area contributed by atoms with Crippen LogP contribution in [-0.2, 0) is 0 Å². The molecule has 4 aliphatic rings. The van der Waals surface area contributed by atoms with Crippen LogP contribution in [0.15, 0.2) is 11.6 Å². The van der Waals surface area contributed by atoms with Gasteiger partial charge in [-0.1, -0.05) is 25.5 Å². The summed E-state index contributed by atoms with van der Waals surface area (Å²) in [7, 11) is 0. The van der Waals surface area contributed by atoms with Crippen LogP contribution in [0.25, 0.3) is 0 Å². The van der Waals surface area contributed by atoms with Crippen LogP contribution in [0, 0.1) is 34.5 Å². The highest BCUT2D eigenvalue weighted by atomic mass is 16.3. The highest BCUT2D eigenvalue weighted by molar-refractivity contribution is 5.25. The van der Waals surface area contributed by atoms with Gasteiger partial charge in [0, 0.05) is 0 Å². The third-order valence-corrected chi connectivity index (χ3v) is 8.74. The van der Waals surface area contributed by atoms with Gasteiger partial charge in [0.1, 0.15) is 0 Å². The molecule has 0 aromatic heterocycles. The van der Waals surface area contributed by atoms with Gasteiger partial charge in [-0.2, -0.15) is 0 Å². The zero-order valence-electron chi connectivity index (χ0n) is 15.1. The minimum atomic E-state index is -0.199. The number of aliphatic hydroxyl groups excluding tert-OH is 2. The number of hydrogen-bond donors (Lipinski definition) is 2. The van der Waals surface area contributed by atoms with Crippen LogP contribution in [0.5, 0.6) is 0 Å². The largest absolute Gasteiger partial charge is 0.393 e. The fourth-order valence-corrected chi connectivity index (χ4v) is 7.54. The van der Waals surface area contributed by atoms with E-state index in [2.05, 4.69) is 19.9 Å². The molecule has 0 heterocycles. The molecular weight excluding hydrogens is 284 g/mol. The van der Waals surface area contributed by atoms with Crippen LogP contribution in [0.3, 0.4) is 0 Å². The smallest absolute Gasteiger partial charge is 0.0724 e. The van der Waals surface area contributed by atoms with E-state index >= 15 is 0 Å². The van der Waals surface area contributed by atoms with Gasteiger partial charge in [-0.15, -0.1) is 0 Å². The Morgan fingerprint density at radius 1 is 1.04 bits per heavy atom. The molecule has 8 atom stereocenters. The van der Waals surface area contributed by atoms with Crippen LogP contribution >= 0.6 is 0 Å². The Morgan fingerprint density at radius 2 is 1.83 bits per heavy atom. The molecule has 2 nitrogen and oxygen atoms in total. The van der Waals surface area contributed by atoms with Crippen LogP contribution in [-0.4, -0.2) is 22.4 Å². The molecule has 4 rings (SSSR count). The maximum absolute atomic E-state index is 10.3. The van der Waals surface area contributed by atoms with Gasteiger partial charge in [0.2, 0.25) is 0 Å². The number of hydrogen-bond acceptors (Lipinski definition) is 2. The zero-order chi connectivity index (χ0) is 16.4. The summed E-state index contributed by atoms with van der Waals surface area (Å²) >= 11 is 0. The van der Waals surface area contributed by atoms with Crippen molar-refractivity contribution in [2.24, 2.45) is 34.5 Å². The van der Waals surface area contributed by atoms with E-state index in [9.17, 15) is 10.2 Å². The predicted octanol–water partition coefficient (Wildman–Crippen LogP) is 4.31. The molecule has 0 unspecified atom stereocenters. The van der Waals surface area contributed by atoms with Crippen LogP contribution < -0.4 is 0 Å². The van der Waals surface area contributed by atoms with Crippen molar-refractivity contribution in [3.63, 3.8) is 0 Å². The normalized spacial score (nSPS) is 53.8. The fourth-order valence-electron chi connectivity index (χ4n) is 7.54. The molecule has 0 spiro atoms. The van der Waals surface area contributed by atoms with Crippen molar-refractivity contribution in [2.75, 3.05) is 0 Å². The second kappa shape index (κ2) is 5.33. The lowest BCUT2D eigenvalue weighted by Gasteiger charge is -2.58. The summed E-state index contributed by atoms with van der Waals surface area (Å²) in [5, 5.41) is 20.3. The SMILES string of the molecule is C[C@H](O)[C@@H]1CC[C@@H]2[C@H]3CCC4=C[C@@H](O)CC[C@]4(C)[C@@H]3CC[C@]21C. The first kappa shape index (κ1) is 16.1. The summed E-state index contributed by atoms with van der Waals surface area (Å²) in [6.45, 7) is 6.98. The summed E-state index contributed by atoms with van der Waals surface area (Å²) in [5.74, 6) is 2.97. The molecule has 2 N–H and O–H groups in total. The van der Waals surface area contributed by atoms with E-state index in [0.29, 0.717) is 16.7 Å². The first-order chi connectivity index (χ1) is 10.9. The van der Waals surface area contributed by atoms with E-state index in [4.69, 9.17) is 0 Å². The zero-order valence-corrected chi connectivity index (χ0v) is 15.1. The maximum Gasteiger partial charge on any atom is 0.0724 e. The fraction of sp³-hybridized carbons (Fsp3) is 0.905. The second-order valence-corrected chi connectivity index (χ2v) is 9.60. The molecule has 0 aliphatic heterocycles. The van der Waals surface area contributed by atoms with E-state index in [1.165, 1.54) is 44.9 Å². The van der Waals surface area contributed by atoms with Crippen molar-refractivity contribution >= 4 is 0 Å². The molecule has 2 heteroatoms. The Balaban J connectivity index is 1.64. The number of aliphatic hydroxyl groups is 2. The topological polar surface area (TPSA) is 40.5 Å². The molecule has 0 bridgehead atoms. The van der Waals surface area contributed by atoms with Crippen molar-refractivity contribution in [3.05, 3.63) is 11.6 Å². The Hall–Kier alpha value is -0.340. The van der Waals surface area contributed by atoms with Crippen molar-refractivity contribution in [1.82, 2.24) is 0 Å². The van der Waals surface area contributed by atoms with Gasteiger partial charge in [0.05, 0.1) is 12.2 Å². The van der Waals surface area contributed by atoms with Crippen LogP contribution in [0.1, 0.15) is 72.1 Å². The van der Waals surface area contributed by atoms with Crippen LogP contribution in [0.2, 0.25) is 0 Å². The molecule has 3 fully saturated rings. The number of fused-ring (bicyclic) bond motifs is 5. The lowest BCUT2D eigenvalue weighted by Crippen LogP contribution is -2.51. The monoisotopic (exact) mass is 318 g/mol. The average molecular weight is 319 g/mol. The Kier molecular flexibility index (Phi) is 3.74. The van der Waals surface area contributed by atoms with Gasteiger partial charge in [-0.3, -0.25) is 0 Å². The number of rotatable bonds is 1. The van der Waals surface area contributed by atoms with E-state index in [1.54, 1.807) is 5.57 Å². The van der Waals surface area contributed by atoms with Crippen molar-refractivity contribution in [3.8, 4) is 0 Å². The summed E-state index contributed by atoms with van der Waals surface area (Å²) < 4.78 is 0. The van der Waals surface area contributed by atoms with E-state index in [-0.39, 0.29) is 12.2 Å². The molecule has 0 aromatic rings. The molecule has 0 radical (unpaired) electrons. The van der Waals surface area contributed by atoms with Gasteiger partial charge in [-0.25, -0.2) is 0 Å². The summed E-state index contributed by atoms with van der Waals surface area (Å²) in [6.07, 6.45) is 11.6. The second-order valence-electron chi connectivity index (χ2n) is 9.60. The van der Waals surface area contributed by atoms with Gasteiger partial charge in [0.25, 0.3) is 0 Å². The lowest BCUT2D eigenvalue weighted by atomic mass is 9.46. The van der Waals surface area contributed by atoms with Gasteiger partial charge >= 0.3 is 0 Å². The first-order valence-corrected chi connectivity index (χ1v) is 9.93. The summed E-state index contributed by atoms with van der Waals surface area (Å²) in [4.78, 5) is 0. The highest BCUT2D eigenvalue weighted by Gasteiger charge is 2.59. The van der Waals surface area contributed by atoms with Crippen molar-refractivity contribution < 1.29 is 10.2 Å². The molecule has 0 aromatic carbocycles. The maximum atomic E-state index is 10.3. The van der Waals surface area contributed by atoms with E-state index < -0.39 is 0 Å². The van der Waals surface area contributed by atoms with Gasteiger partial charge < -0.3 is 10.2 Å². The molecular formula is C21H34O2. The van der Waals surface area contributed by atoms with Gasteiger partial charge in [0.15, 0.2) is 0 Å². The van der Waals surface area contributed by atoms with Crippen molar-refractivity contribution in [1.29, 1.82) is 0 Å². The first-order valence-electron chi connectivity index (χ1n) is 9.93. The summed E-state index contributed by atoms with van der Waals surface area (Å²) in [5.41, 5.74) is 2.26. The summed E-state index contributed by atoms with van der Waals surface area (Å²) in [6, 6.07) is 0. The van der Waals surface area contributed by atoms with Crippen LogP contribution in [0.4, 0.5) is 0 Å². The quantitative estimate of drug-likeness (QED) is 0.707. The molecule has 3 saturated carbocycles. The van der Waals surface area contributed by atoms with E-state index in [0.717, 1.165) is 24.2 Å². The molecule has 4 aliphatic carbocycles. The van der Waals surface area contributed by atoms with Crippen molar-refractivity contribution in [2.45, 2.75) is 84.3 Å². The Labute approximate surface area is 141 Å². The Morgan fingerprint density at radius 3 is 2.57 bits per heavy atom. The molecule has 0 saturated heterocycles. The molecule has 130 valence electrons. The Bertz CT molecular complexity index is 510. The standard InChI is InChI=1S/C21H34O2/c1-13(22)17-6-7-18-16-5-4-14-12-15(23)8-10-20(14,2)19(16)9-11-21(17,18)3/h12-13,15-19,22-23H,4-11H2,1-3H3/t13-,15-,16+,17-,18+,19+,20-,21-/m0/s1. The highest BCUT2D eigenvalue weighted by Crippen LogP contribution is 2.67. The lowest BCUT2D eigenvalue weighted by molar-refractivity contribution is -0.0725. The molecule has 23 heavy (non-hydrogen) atoms. The third kappa shape index (κ3) is 2.20. The molecule has 0 amide bonds. The van der Waals surface area contributed by atoms with Gasteiger partial charge in [-0.05, 0) is 92.8 Å². The average Bonchev–Trinajstić information content (AvgIpc) is 2.85. The minimum absolute atomic E-state index is 0.152. The predicted molar refractivity (Wildman–Crippen MR) is 92.9 cm³/mol. The number of allylic oxidation sites excluding steroid dienone is 1. The van der Waals surface area contributed by atoms with E-state index in [1.807, 2.05) is 6.92 Å². The third-order valence-electron chi connectivity index (χ3n) is 8.74. The minimum Gasteiger partial charge on any atom is -0.393 e.